The van der Waals surface area contributed by atoms with Crippen LogP contribution in [0.25, 0.3) is 9.88 Å². The van der Waals surface area contributed by atoms with Crippen LogP contribution < -0.4 is 5.32 Å². The van der Waals surface area contributed by atoms with Crippen LogP contribution >= 0.6 is 22.7 Å². The molecule has 6 heteroatoms. The second-order valence-corrected chi connectivity index (χ2v) is 7.33. The first-order valence-electron chi connectivity index (χ1n) is 7.12. The van der Waals surface area contributed by atoms with Crippen LogP contribution in [0.4, 0.5) is 0 Å². The zero-order valence-corrected chi connectivity index (χ0v) is 13.5. The Morgan fingerprint density at radius 1 is 1.52 bits per heavy atom. The number of thiophene rings is 1. The van der Waals surface area contributed by atoms with Crippen molar-refractivity contribution in [2.45, 2.75) is 32.3 Å². The summed E-state index contributed by atoms with van der Waals surface area (Å²) in [5, 5.41) is 15.6. The summed E-state index contributed by atoms with van der Waals surface area (Å²) in [5.74, 6) is 0.117. The molecule has 0 radical (unpaired) electrons. The molecule has 2 N–H and O–H groups in total. The highest BCUT2D eigenvalue weighted by atomic mass is 32.1. The molecule has 21 heavy (non-hydrogen) atoms. The van der Waals surface area contributed by atoms with Crippen LogP contribution in [-0.4, -0.2) is 28.6 Å². The average molecular weight is 322 g/mol. The molecule has 1 saturated carbocycles. The molecule has 0 spiro atoms. The first-order valence-corrected chi connectivity index (χ1v) is 8.82. The lowest BCUT2D eigenvalue weighted by Crippen LogP contribution is -2.32. The van der Waals surface area contributed by atoms with Crippen LogP contribution in [0.2, 0.25) is 0 Å². The normalized spacial score (nSPS) is 21.6. The molecule has 1 fully saturated rings. The third-order valence-electron chi connectivity index (χ3n) is 3.88. The monoisotopic (exact) mass is 322 g/mol. The zero-order valence-electron chi connectivity index (χ0n) is 11.8. The van der Waals surface area contributed by atoms with Crippen molar-refractivity contribution in [2.24, 2.45) is 5.92 Å². The lowest BCUT2D eigenvalue weighted by Gasteiger charge is -2.14. The van der Waals surface area contributed by atoms with Gasteiger partial charge in [-0.25, -0.2) is 4.98 Å². The van der Waals surface area contributed by atoms with Gasteiger partial charge in [0, 0.05) is 12.5 Å². The second-order valence-electron chi connectivity index (χ2n) is 5.38. The van der Waals surface area contributed by atoms with Crippen molar-refractivity contribution in [3.8, 4) is 9.88 Å². The third-order valence-corrected chi connectivity index (χ3v) is 6.07. The molecule has 2 heterocycles. The molecule has 2 atom stereocenters. The number of hydrogen-bond donors (Lipinski definition) is 2. The van der Waals surface area contributed by atoms with E-state index in [1.54, 1.807) is 11.3 Å². The summed E-state index contributed by atoms with van der Waals surface area (Å²) in [6.45, 7) is 2.42. The predicted molar refractivity (Wildman–Crippen MR) is 85.8 cm³/mol. The van der Waals surface area contributed by atoms with Gasteiger partial charge in [0.05, 0.1) is 16.7 Å². The van der Waals surface area contributed by atoms with Gasteiger partial charge < -0.3 is 10.4 Å². The van der Waals surface area contributed by atoms with Crippen LogP contribution in [0, 0.1) is 12.8 Å². The van der Waals surface area contributed by atoms with Crippen molar-refractivity contribution in [1.82, 2.24) is 10.3 Å². The van der Waals surface area contributed by atoms with Crippen LogP contribution in [0.5, 0.6) is 0 Å². The summed E-state index contributed by atoms with van der Waals surface area (Å²) in [4.78, 5) is 18.5. The van der Waals surface area contributed by atoms with Crippen LogP contribution in [0.1, 0.15) is 34.6 Å². The largest absolute Gasteiger partial charge is 0.393 e. The molecule has 112 valence electrons. The molecular weight excluding hydrogens is 304 g/mol. The maximum Gasteiger partial charge on any atom is 0.263 e. The standard InChI is InChI=1S/C15H18N2O2S2/c1-9-13(21-15(17-9)12-6-3-7-20-12)14(19)16-8-10-4-2-5-11(10)18/h3,6-7,10-11,18H,2,4-5,8H2,1H3,(H,16,19). The maximum atomic E-state index is 12.3. The number of hydrogen-bond acceptors (Lipinski definition) is 5. The number of thiazole rings is 1. The number of rotatable bonds is 4. The van der Waals surface area contributed by atoms with E-state index in [4.69, 9.17) is 0 Å². The molecule has 2 aromatic heterocycles. The molecule has 2 aromatic rings. The van der Waals surface area contributed by atoms with Gasteiger partial charge in [0.1, 0.15) is 9.88 Å². The van der Waals surface area contributed by atoms with Crippen molar-refractivity contribution < 1.29 is 9.90 Å². The Morgan fingerprint density at radius 3 is 3.05 bits per heavy atom. The highest BCUT2D eigenvalue weighted by molar-refractivity contribution is 7.22. The van der Waals surface area contributed by atoms with Gasteiger partial charge >= 0.3 is 0 Å². The summed E-state index contributed by atoms with van der Waals surface area (Å²) in [7, 11) is 0. The number of nitrogens with one attached hydrogen (secondary N) is 1. The summed E-state index contributed by atoms with van der Waals surface area (Å²) in [6.07, 6.45) is 2.62. The molecule has 1 aliphatic rings. The fourth-order valence-corrected chi connectivity index (χ4v) is 4.45. The Kier molecular flexibility index (Phi) is 4.37. The van der Waals surface area contributed by atoms with E-state index in [1.165, 1.54) is 11.3 Å². The Labute approximate surface area is 131 Å². The number of aliphatic hydroxyl groups excluding tert-OH is 1. The highest BCUT2D eigenvalue weighted by Crippen LogP contribution is 2.31. The predicted octanol–water partition coefficient (Wildman–Crippen LogP) is 3.07. The van der Waals surface area contributed by atoms with Gasteiger partial charge in [0.2, 0.25) is 0 Å². The first-order chi connectivity index (χ1) is 10.1. The van der Waals surface area contributed by atoms with Gasteiger partial charge in [-0.2, -0.15) is 0 Å². The molecule has 0 aliphatic heterocycles. The summed E-state index contributed by atoms with van der Waals surface area (Å²) in [5.41, 5.74) is 0.771. The molecule has 4 nitrogen and oxygen atoms in total. The van der Waals surface area contributed by atoms with E-state index in [9.17, 15) is 9.90 Å². The quantitative estimate of drug-likeness (QED) is 0.909. The van der Waals surface area contributed by atoms with Gasteiger partial charge in [0.25, 0.3) is 5.91 Å². The van der Waals surface area contributed by atoms with Crippen LogP contribution in [0.3, 0.4) is 0 Å². The highest BCUT2D eigenvalue weighted by Gasteiger charge is 2.26. The number of aryl methyl sites for hydroxylation is 1. The number of aromatic nitrogens is 1. The number of nitrogens with zero attached hydrogens (tertiary/aromatic N) is 1. The molecule has 1 aliphatic carbocycles. The van der Waals surface area contributed by atoms with E-state index < -0.39 is 0 Å². The molecule has 0 aromatic carbocycles. The minimum atomic E-state index is -0.269. The zero-order chi connectivity index (χ0) is 14.8. The summed E-state index contributed by atoms with van der Waals surface area (Å²) < 4.78 is 0. The molecule has 0 bridgehead atoms. The number of carbonyl (C=O) groups is 1. The van der Waals surface area contributed by atoms with Crippen LogP contribution in [0.15, 0.2) is 17.5 Å². The molecular formula is C15H18N2O2S2. The minimum Gasteiger partial charge on any atom is -0.393 e. The first kappa shape index (κ1) is 14.7. The SMILES string of the molecule is Cc1nc(-c2cccs2)sc1C(=O)NCC1CCCC1O. The Hall–Kier alpha value is -1.24. The fourth-order valence-electron chi connectivity index (χ4n) is 2.67. The second kappa shape index (κ2) is 6.25. The molecule has 1 amide bonds. The van der Waals surface area contributed by atoms with E-state index in [-0.39, 0.29) is 17.9 Å². The molecule has 2 unspecified atom stereocenters. The van der Waals surface area contributed by atoms with Crippen molar-refractivity contribution in [2.75, 3.05) is 6.54 Å². The van der Waals surface area contributed by atoms with Crippen molar-refractivity contribution in [3.63, 3.8) is 0 Å². The Balaban J connectivity index is 1.67. The average Bonchev–Trinajstić information content (AvgIpc) is 3.16. The van der Waals surface area contributed by atoms with Crippen molar-refractivity contribution >= 4 is 28.6 Å². The number of aliphatic hydroxyl groups is 1. The minimum absolute atomic E-state index is 0.0769. The van der Waals surface area contributed by atoms with Gasteiger partial charge in [-0.3, -0.25) is 4.79 Å². The fraction of sp³-hybridized carbons (Fsp3) is 0.467. The molecule has 3 rings (SSSR count). The Bertz CT molecular complexity index is 622. The van der Waals surface area contributed by atoms with Crippen LogP contribution in [-0.2, 0) is 0 Å². The van der Waals surface area contributed by atoms with Gasteiger partial charge in [-0.15, -0.1) is 22.7 Å². The topological polar surface area (TPSA) is 62.2 Å². The molecule has 0 saturated heterocycles. The smallest absolute Gasteiger partial charge is 0.263 e. The Morgan fingerprint density at radius 2 is 2.38 bits per heavy atom. The van der Waals surface area contributed by atoms with E-state index >= 15 is 0 Å². The van der Waals surface area contributed by atoms with Gasteiger partial charge in [-0.1, -0.05) is 12.5 Å². The summed E-state index contributed by atoms with van der Waals surface area (Å²) >= 11 is 3.06. The van der Waals surface area contributed by atoms with Crippen molar-refractivity contribution in [1.29, 1.82) is 0 Å². The number of carbonyl (C=O) groups excluding carboxylic acids is 1. The van der Waals surface area contributed by atoms with E-state index in [0.29, 0.717) is 11.4 Å². The lowest BCUT2D eigenvalue weighted by molar-refractivity contribution is 0.0920. The maximum absolute atomic E-state index is 12.3. The summed E-state index contributed by atoms with van der Waals surface area (Å²) in [6, 6.07) is 4.00. The van der Waals surface area contributed by atoms with Gasteiger partial charge in [0.15, 0.2) is 0 Å². The van der Waals surface area contributed by atoms with E-state index in [0.717, 1.165) is 34.8 Å². The van der Waals surface area contributed by atoms with E-state index in [1.807, 2.05) is 24.4 Å². The van der Waals surface area contributed by atoms with Gasteiger partial charge in [-0.05, 0) is 31.2 Å². The third kappa shape index (κ3) is 3.17. The lowest BCUT2D eigenvalue weighted by atomic mass is 10.1. The van der Waals surface area contributed by atoms with Crippen molar-refractivity contribution in [3.05, 3.63) is 28.1 Å². The van der Waals surface area contributed by atoms with E-state index in [2.05, 4.69) is 10.3 Å². The number of amides is 1.